The molecule has 8 aliphatic rings. The van der Waals surface area contributed by atoms with Crippen LogP contribution in [-0.2, 0) is 19.2 Å². The number of allylic oxidation sites excluding steroid dienone is 4. The Morgan fingerprint density at radius 3 is 1.64 bits per heavy atom. The Morgan fingerprint density at radius 2 is 1.15 bits per heavy atom. The van der Waals surface area contributed by atoms with Crippen LogP contribution in [0.25, 0.3) is 0 Å². The summed E-state index contributed by atoms with van der Waals surface area (Å²) in [6.07, 6.45) is 34.6. The molecule has 66 heavy (non-hydrogen) atoms. The summed E-state index contributed by atoms with van der Waals surface area (Å²) in [7, 11) is 0. The number of hydrogen-bond donors (Lipinski definition) is 3. The van der Waals surface area contributed by atoms with E-state index in [0.29, 0.717) is 58.9 Å². The fraction of sp³-hybridized carbons (Fsp3) is 0.673. The van der Waals surface area contributed by atoms with Gasteiger partial charge in [0.15, 0.2) is 0 Å². The highest BCUT2D eigenvalue weighted by molar-refractivity contribution is 5.98. The molecule has 1 aromatic rings. The molecule has 4 aliphatic heterocycles. The van der Waals surface area contributed by atoms with Crippen LogP contribution in [0.2, 0.25) is 0 Å². The van der Waals surface area contributed by atoms with Crippen molar-refractivity contribution in [2.24, 2.45) is 23.7 Å². The summed E-state index contributed by atoms with van der Waals surface area (Å²) in [4.78, 5) is 62.5. The SMILES string of the molecule is C=CC(C=CC(=O)O)=C(C=CCC(=O)N(c1ccccc1NCC(=O)O)C1CC2CCCC(C1)N2C1CC2CCCC(C2)C1)N(C(C)=O)C1CC2CCCC(C1)N2C1CC2CCCC(C2)C1. The summed E-state index contributed by atoms with van der Waals surface area (Å²) in [6.45, 7) is 5.43. The van der Waals surface area contributed by atoms with Crippen molar-refractivity contribution >= 4 is 35.1 Å². The Bertz CT molecular complexity index is 2000. The molecule has 4 saturated carbocycles. The van der Waals surface area contributed by atoms with Gasteiger partial charge in [-0.2, -0.15) is 0 Å². The molecule has 4 saturated heterocycles. The van der Waals surface area contributed by atoms with Crippen molar-refractivity contribution in [1.82, 2.24) is 14.7 Å². The first-order chi connectivity index (χ1) is 32.0. The number of carboxylic acids is 2. The molecule has 8 bridgehead atoms. The maximum absolute atomic E-state index is 15.1. The zero-order chi connectivity index (χ0) is 45.9. The van der Waals surface area contributed by atoms with Crippen molar-refractivity contribution in [3.05, 3.63) is 72.5 Å². The van der Waals surface area contributed by atoms with Gasteiger partial charge in [0.05, 0.1) is 17.1 Å². The highest BCUT2D eigenvalue weighted by Gasteiger charge is 2.48. The van der Waals surface area contributed by atoms with Crippen molar-refractivity contribution in [1.29, 1.82) is 0 Å². The van der Waals surface area contributed by atoms with Crippen LogP contribution < -0.4 is 10.2 Å². The maximum atomic E-state index is 15.1. The van der Waals surface area contributed by atoms with Crippen LogP contribution in [-0.4, -0.2) is 104 Å². The van der Waals surface area contributed by atoms with Crippen LogP contribution in [0.1, 0.15) is 155 Å². The Balaban J connectivity index is 0.991. The molecule has 0 aromatic heterocycles. The van der Waals surface area contributed by atoms with Crippen LogP contribution in [0, 0.1) is 23.7 Å². The van der Waals surface area contributed by atoms with Gasteiger partial charge in [-0.15, -0.1) is 0 Å². The fourth-order valence-electron chi connectivity index (χ4n) is 15.5. The van der Waals surface area contributed by atoms with Gasteiger partial charge in [-0.1, -0.05) is 82.2 Å². The van der Waals surface area contributed by atoms with Crippen molar-refractivity contribution in [2.45, 2.75) is 203 Å². The van der Waals surface area contributed by atoms with Crippen molar-refractivity contribution in [3.63, 3.8) is 0 Å². The third-order valence-electron chi connectivity index (χ3n) is 17.7. The second-order valence-corrected chi connectivity index (χ2v) is 21.9. The molecular weight excluding hydrogens is 827 g/mol. The Morgan fingerprint density at radius 1 is 0.652 bits per heavy atom. The number of piperidine rings is 4. The first kappa shape index (κ1) is 46.9. The van der Waals surface area contributed by atoms with Crippen LogP contribution in [0.5, 0.6) is 0 Å². The van der Waals surface area contributed by atoms with E-state index in [4.69, 9.17) is 0 Å². The van der Waals surface area contributed by atoms with Crippen molar-refractivity contribution in [2.75, 3.05) is 16.8 Å². The minimum atomic E-state index is -1.09. The second-order valence-electron chi connectivity index (χ2n) is 21.9. The van der Waals surface area contributed by atoms with Gasteiger partial charge in [0.2, 0.25) is 11.8 Å². The van der Waals surface area contributed by atoms with Gasteiger partial charge in [-0.3, -0.25) is 24.2 Å². The number of para-hydroxylation sites is 2. The van der Waals surface area contributed by atoms with E-state index in [2.05, 4.69) is 21.7 Å². The number of hydrogen-bond acceptors (Lipinski definition) is 7. The van der Waals surface area contributed by atoms with E-state index < -0.39 is 11.9 Å². The Hall–Kier alpha value is -4.22. The van der Waals surface area contributed by atoms with E-state index in [1.165, 1.54) is 96.0 Å². The second kappa shape index (κ2) is 21.0. The topological polar surface area (TPSA) is 134 Å². The monoisotopic (exact) mass is 904 g/mol. The molecule has 0 spiro atoms. The van der Waals surface area contributed by atoms with Gasteiger partial charge < -0.3 is 25.3 Å². The maximum Gasteiger partial charge on any atom is 0.328 e. The first-order valence-electron chi connectivity index (χ1n) is 26.2. The molecule has 4 aliphatic carbocycles. The minimum absolute atomic E-state index is 0.0464. The molecule has 3 N–H and O–H groups in total. The van der Waals surface area contributed by atoms with Crippen LogP contribution in [0.15, 0.2) is 72.5 Å². The number of nitrogens with one attached hydrogen (secondary N) is 1. The number of amides is 2. The molecule has 8 unspecified atom stereocenters. The van der Waals surface area contributed by atoms with Gasteiger partial charge in [-0.05, 0) is 143 Å². The number of benzene rings is 1. The van der Waals surface area contributed by atoms with E-state index in [0.717, 1.165) is 81.1 Å². The molecule has 9 rings (SSSR count). The zero-order valence-corrected chi connectivity index (χ0v) is 39.6. The summed E-state index contributed by atoms with van der Waals surface area (Å²) in [5, 5.41) is 22.5. The average Bonchev–Trinajstić information content (AvgIpc) is 3.27. The third kappa shape index (κ3) is 10.4. The van der Waals surface area contributed by atoms with Gasteiger partial charge in [0, 0.05) is 67.8 Å². The number of aliphatic carboxylic acids is 2. The lowest BCUT2D eigenvalue weighted by Crippen LogP contribution is -2.62. The summed E-state index contributed by atoms with van der Waals surface area (Å²) in [5.41, 5.74) is 2.41. The van der Waals surface area contributed by atoms with Crippen LogP contribution >= 0.6 is 0 Å². The lowest BCUT2D eigenvalue weighted by atomic mass is 9.68. The number of rotatable bonds is 15. The smallest absolute Gasteiger partial charge is 0.328 e. The van der Waals surface area contributed by atoms with E-state index in [1.807, 2.05) is 46.2 Å². The van der Waals surface area contributed by atoms with Crippen molar-refractivity contribution < 1.29 is 29.4 Å². The first-order valence-corrected chi connectivity index (χ1v) is 26.2. The lowest BCUT2D eigenvalue weighted by Gasteiger charge is -2.56. The molecule has 8 atom stereocenters. The number of carbonyl (C=O) groups is 4. The number of carboxylic acid groups (broad SMARTS) is 2. The lowest BCUT2D eigenvalue weighted by molar-refractivity contribution is -0.135. The predicted octanol–water partition coefficient (Wildman–Crippen LogP) is 10.1. The Labute approximate surface area is 393 Å². The zero-order valence-electron chi connectivity index (χ0n) is 39.6. The molecular formula is C55H77N5O6. The molecule has 8 fully saturated rings. The van der Waals surface area contributed by atoms with Gasteiger partial charge in [-0.25, -0.2) is 4.79 Å². The summed E-state index contributed by atoms with van der Waals surface area (Å²) in [5.74, 6) is 1.11. The van der Waals surface area contributed by atoms with Crippen molar-refractivity contribution in [3.8, 4) is 0 Å². The third-order valence-corrected chi connectivity index (χ3v) is 17.7. The standard InChI is InChI=1S/C55H77N5O6/c1-3-41(23-24-54(63)64)51(57(36(2)61)48-31-42-15-8-16-43(32-48)58(42)46-27-37-11-6-12-38(25-37)28-46)21-10-22-53(62)60(52-20-5-4-19-50(52)56-35-55(65)66)49-33-44-17-9-18-45(34-49)59(44)47-29-39-13-7-14-40(26-39)30-47/h3-5,10,19-21,23-24,37-40,42-49,56H,1,6-9,11-18,22,25-35H2,2H3,(H,63,64)(H,65,66). The number of anilines is 2. The molecule has 1 aromatic carbocycles. The highest BCUT2D eigenvalue weighted by atomic mass is 16.4. The van der Waals surface area contributed by atoms with E-state index in [-0.39, 0.29) is 36.9 Å². The number of carbonyl (C=O) groups excluding carboxylic acids is 2. The summed E-state index contributed by atoms with van der Waals surface area (Å²) in [6, 6.07) is 10.3. The normalized spacial score (nSPS) is 34.9. The predicted molar refractivity (Wildman–Crippen MR) is 260 cm³/mol. The Kier molecular flexibility index (Phi) is 14.9. The minimum Gasteiger partial charge on any atom is -0.480 e. The van der Waals surface area contributed by atoms with E-state index >= 15 is 4.79 Å². The van der Waals surface area contributed by atoms with Gasteiger partial charge >= 0.3 is 11.9 Å². The molecule has 4 heterocycles. The highest BCUT2D eigenvalue weighted by Crippen LogP contribution is 2.49. The van der Waals surface area contributed by atoms with Gasteiger partial charge in [0.25, 0.3) is 0 Å². The summed E-state index contributed by atoms with van der Waals surface area (Å²) >= 11 is 0. The largest absolute Gasteiger partial charge is 0.480 e. The van der Waals surface area contributed by atoms with Crippen LogP contribution in [0.4, 0.5) is 11.4 Å². The van der Waals surface area contributed by atoms with Gasteiger partial charge in [0.1, 0.15) is 6.54 Å². The van der Waals surface area contributed by atoms with E-state index in [9.17, 15) is 24.6 Å². The average molecular weight is 904 g/mol. The molecule has 2 amide bonds. The fourth-order valence-corrected chi connectivity index (χ4v) is 15.5. The number of fused-ring (bicyclic) bond motifs is 8. The quantitative estimate of drug-likeness (QED) is 0.116. The van der Waals surface area contributed by atoms with E-state index in [1.54, 1.807) is 13.0 Å². The molecule has 0 radical (unpaired) electrons. The molecule has 11 nitrogen and oxygen atoms in total. The molecule has 358 valence electrons. The summed E-state index contributed by atoms with van der Waals surface area (Å²) < 4.78 is 0. The van der Waals surface area contributed by atoms with Crippen LogP contribution in [0.3, 0.4) is 0 Å². The molecule has 11 heteroatoms. The number of nitrogens with zero attached hydrogens (tertiary/aromatic N) is 4.